The number of ether oxygens (including phenoxy) is 1. The Morgan fingerprint density at radius 2 is 2.38 bits per heavy atom. The van der Waals surface area contributed by atoms with E-state index in [-0.39, 0.29) is 12.5 Å². The quantitative estimate of drug-likeness (QED) is 0.652. The number of nitrogens with two attached hydrogens (primary N) is 1. The van der Waals surface area contributed by atoms with Crippen molar-refractivity contribution in [1.82, 2.24) is 14.5 Å². The van der Waals surface area contributed by atoms with E-state index in [4.69, 9.17) is 16.9 Å². The molecule has 0 radical (unpaired) electrons. The van der Waals surface area contributed by atoms with Crippen molar-refractivity contribution in [3.63, 3.8) is 0 Å². The van der Waals surface area contributed by atoms with E-state index >= 15 is 0 Å². The van der Waals surface area contributed by atoms with E-state index in [9.17, 15) is 10.2 Å². The molecule has 0 spiro atoms. The van der Waals surface area contributed by atoms with Gasteiger partial charge in [0.1, 0.15) is 23.4 Å². The summed E-state index contributed by atoms with van der Waals surface area (Å²) < 4.78 is 7.54. The number of aliphatic hydroxyl groups excluding tert-OH is 1. The van der Waals surface area contributed by atoms with Crippen molar-refractivity contribution in [2.45, 2.75) is 23.9 Å². The van der Waals surface area contributed by atoms with Crippen LogP contribution in [0.15, 0.2) is 18.6 Å². The second-order valence-electron chi connectivity index (χ2n) is 5.64. The van der Waals surface area contributed by atoms with Crippen LogP contribution in [-0.4, -0.2) is 42.6 Å². The number of hydrogen-bond donors (Lipinski definition) is 3. The molecular formula is C14H14N4O3. The van der Waals surface area contributed by atoms with Crippen LogP contribution in [0.4, 0.5) is 5.82 Å². The van der Waals surface area contributed by atoms with Gasteiger partial charge >= 0.3 is 0 Å². The molecule has 1 saturated heterocycles. The monoisotopic (exact) mass is 286 g/mol. The van der Waals surface area contributed by atoms with Crippen LogP contribution in [-0.2, 0) is 4.74 Å². The van der Waals surface area contributed by atoms with Gasteiger partial charge in [-0.05, 0) is 12.5 Å². The Morgan fingerprint density at radius 1 is 1.57 bits per heavy atom. The Labute approximate surface area is 120 Å². The van der Waals surface area contributed by atoms with Crippen LogP contribution in [0.25, 0.3) is 11.0 Å². The number of aliphatic hydroxyl groups is 2. The number of nitrogen functional groups attached to an aromatic ring is 1. The average molecular weight is 286 g/mol. The molecule has 1 saturated carbocycles. The molecule has 2 aromatic heterocycles. The predicted molar refractivity (Wildman–Crippen MR) is 73.8 cm³/mol. The van der Waals surface area contributed by atoms with Crippen LogP contribution in [0.3, 0.4) is 0 Å². The van der Waals surface area contributed by atoms with Gasteiger partial charge in [0.15, 0.2) is 11.8 Å². The molecule has 4 N–H and O–H groups in total. The fourth-order valence-corrected chi connectivity index (χ4v) is 3.29. The summed E-state index contributed by atoms with van der Waals surface area (Å²) in [5.41, 5.74) is 4.12. The Kier molecular flexibility index (Phi) is 2.24. The van der Waals surface area contributed by atoms with Crippen LogP contribution in [0.2, 0.25) is 0 Å². The molecule has 108 valence electrons. The molecule has 4 atom stereocenters. The molecule has 2 aromatic rings. The zero-order chi connectivity index (χ0) is 14.8. The maximum atomic E-state index is 10.8. The molecule has 3 unspecified atom stereocenters. The van der Waals surface area contributed by atoms with E-state index in [1.54, 1.807) is 16.8 Å². The van der Waals surface area contributed by atoms with Gasteiger partial charge in [0.25, 0.3) is 0 Å². The zero-order valence-corrected chi connectivity index (χ0v) is 11.1. The highest BCUT2D eigenvalue weighted by Crippen LogP contribution is 2.64. The summed E-state index contributed by atoms with van der Waals surface area (Å²) in [5, 5.41) is 21.0. The number of hydrogen-bond acceptors (Lipinski definition) is 6. The van der Waals surface area contributed by atoms with Crippen LogP contribution >= 0.6 is 0 Å². The van der Waals surface area contributed by atoms with Crippen LogP contribution < -0.4 is 5.73 Å². The Hall–Kier alpha value is -2.14. The molecule has 4 rings (SSSR count). The number of fused-ring (bicyclic) bond motifs is 2. The lowest BCUT2D eigenvalue weighted by Gasteiger charge is -2.28. The first-order valence-electron chi connectivity index (χ1n) is 6.61. The van der Waals surface area contributed by atoms with Gasteiger partial charge in [0, 0.05) is 12.1 Å². The zero-order valence-electron chi connectivity index (χ0n) is 11.1. The van der Waals surface area contributed by atoms with E-state index in [1.165, 1.54) is 6.33 Å². The normalized spacial score (nSPS) is 37.4. The standard InChI is InChI=1S/C14H14N4O3/c1-2-14(20)9-5-13(9,6-19)21-12(14)18-4-3-8-10(15)16-7-17-11(8)18/h1,3-4,7,9,12,19-20H,5-6H2,(H2,15,16,17)/t9?,12-,13?,14?/m1/s1. The van der Waals surface area contributed by atoms with Crippen LogP contribution in [0.1, 0.15) is 12.6 Å². The maximum absolute atomic E-state index is 10.8. The molecule has 0 amide bonds. The summed E-state index contributed by atoms with van der Waals surface area (Å²) in [6.45, 7) is -0.172. The number of rotatable bonds is 2. The van der Waals surface area contributed by atoms with Crippen molar-refractivity contribution in [1.29, 1.82) is 0 Å². The van der Waals surface area contributed by atoms with Gasteiger partial charge in [-0.25, -0.2) is 9.97 Å². The first-order chi connectivity index (χ1) is 10.1. The first kappa shape index (κ1) is 12.6. The fraction of sp³-hybridized carbons (Fsp3) is 0.429. The highest BCUT2D eigenvalue weighted by atomic mass is 16.6. The van der Waals surface area contributed by atoms with Gasteiger partial charge in [-0.2, -0.15) is 0 Å². The van der Waals surface area contributed by atoms with Crippen molar-refractivity contribution >= 4 is 16.9 Å². The lowest BCUT2D eigenvalue weighted by Crippen LogP contribution is -2.37. The summed E-state index contributed by atoms with van der Waals surface area (Å²) in [4.78, 5) is 8.11. The molecule has 0 aromatic carbocycles. The Morgan fingerprint density at radius 3 is 3.10 bits per heavy atom. The average Bonchev–Trinajstić information content (AvgIpc) is 2.97. The fourth-order valence-electron chi connectivity index (χ4n) is 3.29. The summed E-state index contributed by atoms with van der Waals surface area (Å²) in [6.07, 6.45) is 8.34. The lowest BCUT2D eigenvalue weighted by molar-refractivity contribution is -0.110. The van der Waals surface area contributed by atoms with E-state index in [0.717, 1.165) is 0 Å². The number of nitrogens with zero attached hydrogens (tertiary/aromatic N) is 3. The SMILES string of the molecule is C#CC1(O)C2CC2(CO)O[C@H]1n1ccc2c(N)ncnc21. The van der Waals surface area contributed by atoms with E-state index in [0.29, 0.717) is 23.3 Å². The van der Waals surface area contributed by atoms with E-state index < -0.39 is 17.4 Å². The van der Waals surface area contributed by atoms with E-state index in [1.807, 2.05) is 0 Å². The van der Waals surface area contributed by atoms with Gasteiger partial charge in [0.2, 0.25) is 0 Å². The van der Waals surface area contributed by atoms with Crippen molar-refractivity contribution in [2.75, 3.05) is 12.3 Å². The van der Waals surface area contributed by atoms with Crippen molar-refractivity contribution in [3.8, 4) is 12.3 Å². The number of aromatic nitrogens is 3. The minimum atomic E-state index is -1.48. The van der Waals surface area contributed by atoms with Gasteiger partial charge in [-0.3, -0.25) is 0 Å². The van der Waals surface area contributed by atoms with Crippen molar-refractivity contribution < 1.29 is 14.9 Å². The molecule has 1 aliphatic heterocycles. The van der Waals surface area contributed by atoms with Gasteiger partial charge in [-0.15, -0.1) is 6.42 Å². The summed E-state index contributed by atoms with van der Waals surface area (Å²) in [6, 6.07) is 1.75. The van der Waals surface area contributed by atoms with Gasteiger partial charge in [0.05, 0.1) is 12.0 Å². The molecule has 21 heavy (non-hydrogen) atoms. The summed E-state index contributed by atoms with van der Waals surface area (Å²) in [5.74, 6) is 2.51. The van der Waals surface area contributed by atoms with E-state index in [2.05, 4.69) is 15.9 Å². The van der Waals surface area contributed by atoms with Gasteiger partial charge in [-0.1, -0.05) is 5.92 Å². The summed E-state index contributed by atoms with van der Waals surface area (Å²) in [7, 11) is 0. The second kappa shape index (κ2) is 3.74. The predicted octanol–water partition coefficient (Wildman–Crippen LogP) is -0.342. The lowest BCUT2D eigenvalue weighted by atomic mass is 9.97. The van der Waals surface area contributed by atoms with Crippen molar-refractivity contribution in [3.05, 3.63) is 18.6 Å². The van der Waals surface area contributed by atoms with Crippen LogP contribution in [0.5, 0.6) is 0 Å². The maximum Gasteiger partial charge on any atom is 0.176 e. The summed E-state index contributed by atoms with van der Waals surface area (Å²) >= 11 is 0. The first-order valence-corrected chi connectivity index (χ1v) is 6.61. The minimum Gasteiger partial charge on any atom is -0.393 e. The highest BCUT2D eigenvalue weighted by Gasteiger charge is 2.74. The molecule has 3 heterocycles. The highest BCUT2D eigenvalue weighted by molar-refractivity contribution is 5.86. The Bertz CT molecular complexity index is 782. The topological polar surface area (TPSA) is 106 Å². The molecule has 7 nitrogen and oxygen atoms in total. The van der Waals surface area contributed by atoms with Gasteiger partial charge < -0.3 is 25.3 Å². The molecule has 1 aliphatic carbocycles. The number of anilines is 1. The second-order valence-corrected chi connectivity index (χ2v) is 5.64. The minimum absolute atomic E-state index is 0.172. The number of terminal acetylenes is 1. The van der Waals surface area contributed by atoms with Crippen molar-refractivity contribution in [2.24, 2.45) is 5.92 Å². The molecule has 2 aliphatic rings. The third kappa shape index (κ3) is 1.39. The molecule has 7 heteroatoms. The molecule has 0 bridgehead atoms. The largest absolute Gasteiger partial charge is 0.393 e. The third-order valence-corrected chi connectivity index (χ3v) is 4.57. The Balaban J connectivity index is 1.86. The molecule has 2 fully saturated rings. The third-order valence-electron chi connectivity index (χ3n) is 4.57. The van der Waals surface area contributed by atoms with Crippen LogP contribution in [0, 0.1) is 18.3 Å². The smallest absolute Gasteiger partial charge is 0.176 e. The molecular weight excluding hydrogens is 272 g/mol.